The fraction of sp³-hybridized carbons (Fsp3) is 0.278. The van der Waals surface area contributed by atoms with Crippen LogP contribution >= 0.6 is 11.3 Å². The molecule has 0 radical (unpaired) electrons. The minimum absolute atomic E-state index is 0.0180. The summed E-state index contributed by atoms with van der Waals surface area (Å²) in [5.41, 5.74) is -0.307. The summed E-state index contributed by atoms with van der Waals surface area (Å²) >= 11 is 1.39. The van der Waals surface area contributed by atoms with Crippen LogP contribution in [-0.4, -0.2) is 31.4 Å². The van der Waals surface area contributed by atoms with Gasteiger partial charge in [-0.15, -0.1) is 11.3 Å². The first-order chi connectivity index (χ1) is 12.9. The highest BCUT2D eigenvalue weighted by Crippen LogP contribution is 2.22. The van der Waals surface area contributed by atoms with Gasteiger partial charge in [0.2, 0.25) is 5.91 Å². The van der Waals surface area contributed by atoms with E-state index in [2.05, 4.69) is 15.4 Å². The number of halogens is 2. The predicted molar refractivity (Wildman–Crippen MR) is 95.1 cm³/mol. The molecule has 0 aliphatic heterocycles. The van der Waals surface area contributed by atoms with E-state index >= 15 is 0 Å². The van der Waals surface area contributed by atoms with Gasteiger partial charge in [0.15, 0.2) is 0 Å². The van der Waals surface area contributed by atoms with E-state index in [4.69, 9.17) is 0 Å². The van der Waals surface area contributed by atoms with Gasteiger partial charge in [-0.25, -0.2) is 8.78 Å². The molecular weight excluding hydrogens is 378 g/mol. The highest BCUT2D eigenvalue weighted by atomic mass is 32.1. The number of hydrogen-bond donors (Lipinski definition) is 2. The van der Waals surface area contributed by atoms with E-state index in [0.29, 0.717) is 6.07 Å². The molecule has 1 aromatic heterocycles. The second-order valence-corrected chi connectivity index (χ2v) is 6.53. The van der Waals surface area contributed by atoms with Crippen LogP contribution in [0.2, 0.25) is 0 Å². The first kappa shape index (κ1) is 20.5. The molecule has 2 rings (SSSR count). The van der Waals surface area contributed by atoms with E-state index in [9.17, 15) is 23.2 Å². The fourth-order valence-electron chi connectivity index (χ4n) is 2.29. The number of rotatable bonds is 8. The Labute approximate surface area is 158 Å². The zero-order valence-electron chi connectivity index (χ0n) is 14.5. The predicted octanol–water partition coefficient (Wildman–Crippen LogP) is 2.57. The molecule has 1 aromatic carbocycles. The third-order valence-electron chi connectivity index (χ3n) is 3.63. The molecular formula is C18H18F2N2O4S. The summed E-state index contributed by atoms with van der Waals surface area (Å²) in [5.74, 6) is -3.36. The molecule has 0 aliphatic carbocycles. The number of ether oxygens (including phenoxy) is 1. The van der Waals surface area contributed by atoms with Crippen LogP contribution in [0, 0.1) is 11.6 Å². The Kier molecular flexibility index (Phi) is 7.42. The number of hydrogen-bond acceptors (Lipinski definition) is 5. The van der Waals surface area contributed by atoms with E-state index in [-0.39, 0.29) is 24.9 Å². The number of nitrogens with one attached hydrogen (secondary N) is 2. The molecule has 27 heavy (non-hydrogen) atoms. The molecule has 0 fully saturated rings. The van der Waals surface area contributed by atoms with Gasteiger partial charge in [-0.1, -0.05) is 6.07 Å². The van der Waals surface area contributed by atoms with Crippen LogP contribution in [0.15, 0.2) is 35.7 Å². The lowest BCUT2D eigenvalue weighted by atomic mass is 10.1. The number of esters is 1. The summed E-state index contributed by atoms with van der Waals surface area (Å²) in [6.45, 7) is -0.0448. The van der Waals surface area contributed by atoms with E-state index in [1.165, 1.54) is 18.4 Å². The van der Waals surface area contributed by atoms with E-state index in [0.717, 1.165) is 17.0 Å². The zero-order valence-corrected chi connectivity index (χ0v) is 15.3. The van der Waals surface area contributed by atoms with E-state index < -0.39 is 35.5 Å². The maximum absolute atomic E-state index is 13.5. The minimum atomic E-state index is -0.979. The normalized spacial score (nSPS) is 11.5. The van der Waals surface area contributed by atoms with Crippen LogP contribution in [0.4, 0.5) is 8.78 Å². The molecule has 144 valence electrons. The molecule has 0 aliphatic rings. The van der Waals surface area contributed by atoms with Crippen LogP contribution in [-0.2, 0) is 14.3 Å². The molecule has 2 aromatic rings. The molecule has 2 amide bonds. The van der Waals surface area contributed by atoms with Crippen LogP contribution in [0.25, 0.3) is 0 Å². The SMILES string of the molecule is COC(=O)CC(NC(=O)CCNC(=O)c1ccc(F)cc1F)c1cccs1. The molecule has 0 bridgehead atoms. The smallest absolute Gasteiger partial charge is 0.307 e. The summed E-state index contributed by atoms with van der Waals surface area (Å²) in [6.07, 6.45) is -0.0898. The quantitative estimate of drug-likeness (QED) is 0.672. The standard InChI is InChI=1S/C18H18F2N2O4S/c1-26-17(24)10-14(15-3-2-8-27-15)22-16(23)6-7-21-18(25)12-5-4-11(19)9-13(12)20/h2-5,8-9,14H,6-7,10H2,1H3,(H,21,25)(H,22,23). The van der Waals surface area contributed by atoms with Crippen molar-refractivity contribution in [1.82, 2.24) is 10.6 Å². The minimum Gasteiger partial charge on any atom is -0.469 e. The van der Waals surface area contributed by atoms with Crippen molar-refractivity contribution in [3.05, 3.63) is 57.8 Å². The van der Waals surface area contributed by atoms with Gasteiger partial charge in [0.1, 0.15) is 11.6 Å². The molecule has 2 N–H and O–H groups in total. The molecule has 6 nitrogen and oxygen atoms in total. The summed E-state index contributed by atoms with van der Waals surface area (Å²) in [5, 5.41) is 6.93. The van der Waals surface area contributed by atoms with E-state index in [1.807, 2.05) is 5.38 Å². The lowest BCUT2D eigenvalue weighted by Gasteiger charge is -2.16. The van der Waals surface area contributed by atoms with Gasteiger partial charge in [0.05, 0.1) is 25.1 Å². The highest BCUT2D eigenvalue weighted by molar-refractivity contribution is 7.10. The van der Waals surface area contributed by atoms with Gasteiger partial charge >= 0.3 is 5.97 Å². The first-order valence-electron chi connectivity index (χ1n) is 8.03. The van der Waals surface area contributed by atoms with Gasteiger partial charge in [-0.3, -0.25) is 14.4 Å². The molecule has 1 heterocycles. The Bertz CT molecular complexity index is 812. The highest BCUT2D eigenvalue weighted by Gasteiger charge is 2.20. The maximum atomic E-state index is 13.5. The van der Waals surface area contributed by atoms with Crippen molar-refractivity contribution in [2.45, 2.75) is 18.9 Å². The molecule has 0 spiro atoms. The molecule has 9 heteroatoms. The summed E-state index contributed by atoms with van der Waals surface area (Å²) in [7, 11) is 1.26. The maximum Gasteiger partial charge on any atom is 0.307 e. The third kappa shape index (κ3) is 6.14. The topological polar surface area (TPSA) is 84.5 Å². The van der Waals surface area contributed by atoms with Crippen molar-refractivity contribution >= 4 is 29.1 Å². The van der Waals surface area contributed by atoms with Crippen LogP contribution in [0.3, 0.4) is 0 Å². The summed E-state index contributed by atoms with van der Waals surface area (Å²) in [4.78, 5) is 36.3. The lowest BCUT2D eigenvalue weighted by molar-refractivity contribution is -0.141. The average Bonchev–Trinajstić information content (AvgIpc) is 3.15. The Hall–Kier alpha value is -2.81. The number of benzene rings is 1. The Morgan fingerprint density at radius 1 is 1.22 bits per heavy atom. The van der Waals surface area contributed by atoms with Crippen LogP contribution in [0.1, 0.15) is 34.1 Å². The van der Waals surface area contributed by atoms with Gasteiger partial charge in [0, 0.05) is 23.9 Å². The Morgan fingerprint density at radius 3 is 2.63 bits per heavy atom. The van der Waals surface area contributed by atoms with Crippen molar-refractivity contribution in [3.8, 4) is 0 Å². The van der Waals surface area contributed by atoms with Crippen molar-refractivity contribution < 1.29 is 27.9 Å². The van der Waals surface area contributed by atoms with Gasteiger partial charge < -0.3 is 15.4 Å². The number of amides is 2. The van der Waals surface area contributed by atoms with Crippen molar-refractivity contribution in [1.29, 1.82) is 0 Å². The zero-order chi connectivity index (χ0) is 19.8. The van der Waals surface area contributed by atoms with Crippen molar-refractivity contribution in [3.63, 3.8) is 0 Å². The fourth-order valence-corrected chi connectivity index (χ4v) is 3.07. The second-order valence-electron chi connectivity index (χ2n) is 5.55. The number of thiophene rings is 1. The summed E-state index contributed by atoms with van der Waals surface area (Å²) < 4.78 is 31.1. The molecule has 1 atom stereocenters. The molecule has 0 saturated carbocycles. The first-order valence-corrected chi connectivity index (χ1v) is 8.91. The number of carbonyl (C=O) groups is 3. The van der Waals surface area contributed by atoms with Gasteiger partial charge in [-0.2, -0.15) is 0 Å². The van der Waals surface area contributed by atoms with Crippen molar-refractivity contribution in [2.75, 3.05) is 13.7 Å². The summed E-state index contributed by atoms with van der Waals surface area (Å²) in [6, 6.07) is 5.67. The molecule has 1 unspecified atom stereocenters. The Morgan fingerprint density at radius 2 is 2.00 bits per heavy atom. The average molecular weight is 396 g/mol. The number of carbonyl (C=O) groups excluding carboxylic acids is 3. The number of methoxy groups -OCH3 is 1. The van der Waals surface area contributed by atoms with Crippen LogP contribution < -0.4 is 10.6 Å². The second kappa shape index (κ2) is 9.77. The largest absolute Gasteiger partial charge is 0.469 e. The van der Waals surface area contributed by atoms with Gasteiger partial charge in [0.25, 0.3) is 5.91 Å². The lowest BCUT2D eigenvalue weighted by Crippen LogP contribution is -2.34. The third-order valence-corrected chi connectivity index (χ3v) is 4.62. The Balaban J connectivity index is 1.86. The van der Waals surface area contributed by atoms with E-state index in [1.54, 1.807) is 12.1 Å². The monoisotopic (exact) mass is 396 g/mol. The van der Waals surface area contributed by atoms with Gasteiger partial charge in [-0.05, 0) is 23.6 Å². The van der Waals surface area contributed by atoms with Crippen LogP contribution in [0.5, 0.6) is 0 Å². The molecule has 0 saturated heterocycles. The van der Waals surface area contributed by atoms with Crippen molar-refractivity contribution in [2.24, 2.45) is 0 Å².